The second-order valence-electron chi connectivity index (χ2n) is 11.8. The Morgan fingerprint density at radius 3 is 2.72 bits per heavy atom. The number of fused-ring (bicyclic) bond motifs is 2. The molecule has 6 heterocycles. The highest BCUT2D eigenvalue weighted by atomic mass is 32.2. The Bertz CT molecular complexity index is 2230. The summed E-state index contributed by atoms with van der Waals surface area (Å²) in [5, 5.41) is 14.6. The Morgan fingerprint density at radius 2 is 1.89 bits per heavy atom. The van der Waals surface area contributed by atoms with E-state index in [0.717, 1.165) is 54.2 Å². The first-order valence-electron chi connectivity index (χ1n) is 15.2. The minimum atomic E-state index is -3.45. The van der Waals surface area contributed by atoms with Gasteiger partial charge in [-0.15, -0.1) is 0 Å². The monoisotopic (exact) mass is 653 g/mol. The van der Waals surface area contributed by atoms with Crippen LogP contribution in [0, 0.1) is 11.7 Å². The lowest BCUT2D eigenvalue weighted by Crippen LogP contribution is -2.30. The number of aromatic amines is 2. The van der Waals surface area contributed by atoms with Gasteiger partial charge in [-0.05, 0) is 97.1 Å². The number of rotatable bonds is 9. The Kier molecular flexibility index (Phi) is 8.22. The van der Waals surface area contributed by atoms with Gasteiger partial charge in [0, 0.05) is 36.3 Å². The van der Waals surface area contributed by atoms with Gasteiger partial charge < -0.3 is 15.6 Å². The van der Waals surface area contributed by atoms with Crippen molar-refractivity contribution in [3.8, 4) is 33.8 Å². The quantitative estimate of drug-likeness (QED) is 0.149. The normalized spacial score (nSPS) is 14.2. The van der Waals surface area contributed by atoms with E-state index in [9.17, 15) is 17.6 Å². The molecule has 1 saturated heterocycles. The maximum atomic E-state index is 14.6. The highest BCUT2D eigenvalue weighted by molar-refractivity contribution is 7.88. The molecule has 240 valence electrons. The summed E-state index contributed by atoms with van der Waals surface area (Å²) in [5.41, 5.74) is 6.94. The molecule has 5 N–H and O–H groups in total. The van der Waals surface area contributed by atoms with Crippen LogP contribution in [0.3, 0.4) is 0 Å². The van der Waals surface area contributed by atoms with E-state index in [1.54, 1.807) is 30.7 Å². The number of nitrogens with zero attached hydrogens (tertiary/aromatic N) is 4. The predicted molar refractivity (Wildman–Crippen MR) is 178 cm³/mol. The maximum Gasteiger partial charge on any atom is 0.224 e. The van der Waals surface area contributed by atoms with Gasteiger partial charge >= 0.3 is 0 Å². The molecule has 1 aromatic carbocycles. The van der Waals surface area contributed by atoms with Crippen molar-refractivity contribution in [1.29, 1.82) is 0 Å². The summed E-state index contributed by atoms with van der Waals surface area (Å²) in [5.74, 6) is -0.130. The third kappa shape index (κ3) is 6.89. The van der Waals surface area contributed by atoms with E-state index < -0.39 is 15.8 Å². The van der Waals surface area contributed by atoms with Crippen molar-refractivity contribution < 1.29 is 17.6 Å². The predicted octanol–water partition coefficient (Wildman–Crippen LogP) is 4.75. The summed E-state index contributed by atoms with van der Waals surface area (Å²) in [6.07, 6.45) is 8.49. The number of halogens is 1. The SMILES string of the molecule is CS(=O)(=O)NCc1cc(F)cc(-c2ccnc3[nH]c(-c4n[nH]c5ccc(-c6cncc(NC(=O)CC7CCNCC7)c6)nc45)cc23)c1. The number of pyridine rings is 3. The number of hydrogen-bond donors (Lipinski definition) is 5. The highest BCUT2D eigenvalue weighted by Crippen LogP contribution is 2.34. The first-order valence-corrected chi connectivity index (χ1v) is 17.1. The first kappa shape index (κ1) is 30.6. The lowest BCUT2D eigenvalue weighted by molar-refractivity contribution is -0.117. The van der Waals surface area contributed by atoms with Gasteiger partial charge in [-0.3, -0.25) is 14.9 Å². The number of hydrogen-bond acceptors (Lipinski definition) is 8. The van der Waals surface area contributed by atoms with E-state index in [-0.39, 0.29) is 12.5 Å². The van der Waals surface area contributed by atoms with Crippen LogP contribution >= 0.6 is 0 Å². The van der Waals surface area contributed by atoms with Crippen LogP contribution in [0.1, 0.15) is 24.8 Å². The number of piperidine rings is 1. The second kappa shape index (κ2) is 12.6. The fourth-order valence-electron chi connectivity index (χ4n) is 5.98. The van der Waals surface area contributed by atoms with E-state index >= 15 is 0 Å². The second-order valence-corrected chi connectivity index (χ2v) is 13.7. The van der Waals surface area contributed by atoms with Gasteiger partial charge in [0.1, 0.15) is 22.7 Å². The van der Waals surface area contributed by atoms with E-state index in [4.69, 9.17) is 4.98 Å². The fraction of sp³-hybridized carbons (Fsp3) is 0.242. The molecule has 0 saturated carbocycles. The minimum Gasteiger partial charge on any atom is -0.338 e. The number of H-pyrrole nitrogens is 2. The highest BCUT2D eigenvalue weighted by Gasteiger charge is 2.19. The van der Waals surface area contributed by atoms with Gasteiger partial charge in [0.2, 0.25) is 15.9 Å². The van der Waals surface area contributed by atoms with Crippen molar-refractivity contribution >= 4 is 43.7 Å². The summed E-state index contributed by atoms with van der Waals surface area (Å²) in [6.45, 7) is 1.85. The molecular weight excluding hydrogens is 621 g/mol. The number of aromatic nitrogens is 6. The third-order valence-corrected chi connectivity index (χ3v) is 8.92. The lowest BCUT2D eigenvalue weighted by Gasteiger charge is -2.21. The summed E-state index contributed by atoms with van der Waals surface area (Å²) in [7, 11) is -3.45. The average molecular weight is 654 g/mol. The topological polar surface area (TPSA) is 170 Å². The zero-order chi connectivity index (χ0) is 32.5. The molecule has 12 nitrogen and oxygen atoms in total. The van der Waals surface area contributed by atoms with E-state index in [0.29, 0.717) is 57.4 Å². The smallest absolute Gasteiger partial charge is 0.224 e. The van der Waals surface area contributed by atoms with Crippen LogP contribution in [0.2, 0.25) is 0 Å². The number of nitrogens with one attached hydrogen (secondary N) is 5. The summed E-state index contributed by atoms with van der Waals surface area (Å²) < 4.78 is 40.2. The van der Waals surface area contributed by atoms with Crippen LogP contribution in [-0.4, -0.2) is 63.8 Å². The molecule has 6 aromatic rings. The van der Waals surface area contributed by atoms with Crippen LogP contribution in [0.4, 0.5) is 10.1 Å². The third-order valence-electron chi connectivity index (χ3n) is 8.25. The summed E-state index contributed by atoms with van der Waals surface area (Å²) in [4.78, 5) is 29.8. The van der Waals surface area contributed by atoms with Crippen molar-refractivity contribution in [1.82, 2.24) is 40.2 Å². The van der Waals surface area contributed by atoms with Gasteiger partial charge in [0.15, 0.2) is 0 Å². The van der Waals surface area contributed by atoms with Crippen molar-refractivity contribution in [2.45, 2.75) is 25.8 Å². The number of sulfonamides is 1. The van der Waals surface area contributed by atoms with Crippen LogP contribution in [0.25, 0.3) is 55.8 Å². The number of carbonyl (C=O) groups excluding carboxylic acids is 1. The molecule has 47 heavy (non-hydrogen) atoms. The molecule has 1 aliphatic heterocycles. The summed E-state index contributed by atoms with van der Waals surface area (Å²) in [6, 6.07) is 13.7. The molecule has 0 radical (unpaired) electrons. The van der Waals surface area contributed by atoms with Gasteiger partial charge in [0.05, 0.1) is 35.0 Å². The fourth-order valence-corrected chi connectivity index (χ4v) is 6.41. The van der Waals surface area contributed by atoms with E-state index in [1.807, 2.05) is 24.3 Å². The standard InChI is InChI=1S/C33H32FN9O3S/c1-47(45,46)38-16-20-10-21(13-23(34)11-20)25-6-9-37-33-26(25)15-29(41-33)32-31-28(42-43-32)3-2-27(40-31)22-14-24(18-36-17-22)39-30(44)12-19-4-7-35-8-5-19/h2-3,6,9-11,13-15,17-19,35,38H,4-5,7-8,12,16H2,1H3,(H,37,41)(H,39,44)(H,42,43). The number of benzene rings is 1. The minimum absolute atomic E-state index is 0.0248. The molecular formula is C33H32FN9O3S. The maximum absolute atomic E-state index is 14.6. The Balaban J connectivity index is 1.18. The number of carbonyl (C=O) groups is 1. The molecule has 1 amide bonds. The Labute approximate surface area is 269 Å². The van der Waals surface area contributed by atoms with E-state index in [2.05, 4.69) is 40.5 Å². The molecule has 1 fully saturated rings. The molecule has 0 spiro atoms. The number of anilines is 1. The largest absolute Gasteiger partial charge is 0.338 e. The molecule has 1 aliphatic rings. The van der Waals surface area contributed by atoms with Crippen LogP contribution in [0.5, 0.6) is 0 Å². The molecule has 0 atom stereocenters. The zero-order valence-corrected chi connectivity index (χ0v) is 26.3. The van der Waals surface area contributed by atoms with Gasteiger partial charge in [0.25, 0.3) is 0 Å². The van der Waals surface area contributed by atoms with E-state index in [1.165, 1.54) is 12.1 Å². The molecule has 0 aliphatic carbocycles. The zero-order valence-electron chi connectivity index (χ0n) is 25.5. The molecule has 0 bridgehead atoms. The van der Waals surface area contributed by atoms with Crippen LogP contribution < -0.4 is 15.4 Å². The van der Waals surface area contributed by atoms with Gasteiger partial charge in [-0.2, -0.15) is 5.10 Å². The van der Waals surface area contributed by atoms with Gasteiger partial charge in [-0.1, -0.05) is 0 Å². The number of amides is 1. The molecule has 7 rings (SSSR count). The van der Waals surface area contributed by atoms with Crippen molar-refractivity contribution in [3.63, 3.8) is 0 Å². The molecule has 14 heteroatoms. The Morgan fingerprint density at radius 1 is 1.04 bits per heavy atom. The lowest BCUT2D eigenvalue weighted by atomic mass is 9.94. The van der Waals surface area contributed by atoms with Crippen molar-refractivity contribution in [2.24, 2.45) is 5.92 Å². The molecule has 0 unspecified atom stereocenters. The van der Waals surface area contributed by atoms with Crippen LogP contribution in [-0.2, 0) is 21.4 Å². The van der Waals surface area contributed by atoms with Crippen molar-refractivity contribution in [3.05, 3.63) is 78.5 Å². The molecule has 5 aromatic heterocycles. The van der Waals surface area contributed by atoms with Crippen molar-refractivity contribution in [2.75, 3.05) is 24.7 Å². The average Bonchev–Trinajstić information content (AvgIpc) is 3.68. The Hall–Kier alpha value is -5.05. The summed E-state index contributed by atoms with van der Waals surface area (Å²) >= 11 is 0. The first-order chi connectivity index (χ1) is 22.7. The van der Waals surface area contributed by atoms with Crippen LogP contribution in [0.15, 0.2) is 67.1 Å². The van der Waals surface area contributed by atoms with Gasteiger partial charge in [-0.25, -0.2) is 27.5 Å².